The standard InChI is InChI=1S/C18H14ClN3O6S/c1-10(17(24)20-14-8-11(22(25)26)6-7-12(14)19)27-16(23)9-29-18-21-13-4-2-3-5-15(13)28-18/h2-8,10H,9H2,1H3,(H,20,24). The van der Waals surface area contributed by atoms with Gasteiger partial charge in [-0.15, -0.1) is 0 Å². The van der Waals surface area contributed by atoms with E-state index >= 15 is 0 Å². The Morgan fingerprint density at radius 1 is 1.34 bits per heavy atom. The van der Waals surface area contributed by atoms with Crippen molar-refractivity contribution in [2.45, 2.75) is 18.3 Å². The molecule has 1 aromatic heterocycles. The van der Waals surface area contributed by atoms with Crippen molar-refractivity contribution in [2.24, 2.45) is 0 Å². The van der Waals surface area contributed by atoms with Gasteiger partial charge >= 0.3 is 5.97 Å². The SMILES string of the molecule is CC(OC(=O)CSc1nc2ccccc2o1)C(=O)Nc1cc([N+](=O)[O-])ccc1Cl. The quantitative estimate of drug-likeness (QED) is 0.255. The number of ether oxygens (including phenoxy) is 1. The van der Waals surface area contributed by atoms with Crippen molar-refractivity contribution in [3.63, 3.8) is 0 Å². The van der Waals surface area contributed by atoms with Gasteiger partial charge < -0.3 is 14.5 Å². The van der Waals surface area contributed by atoms with Gasteiger partial charge in [0.25, 0.3) is 16.8 Å². The highest BCUT2D eigenvalue weighted by Gasteiger charge is 2.21. The highest BCUT2D eigenvalue weighted by molar-refractivity contribution is 7.99. The van der Waals surface area contributed by atoms with Crippen LogP contribution in [-0.2, 0) is 14.3 Å². The molecule has 1 unspecified atom stereocenters. The Bertz CT molecular complexity index is 1050. The van der Waals surface area contributed by atoms with Crippen molar-refractivity contribution < 1.29 is 23.7 Å². The Hall–Kier alpha value is -3.11. The van der Waals surface area contributed by atoms with Crippen LogP contribution in [0.4, 0.5) is 11.4 Å². The molecule has 0 saturated heterocycles. The number of hydrogen-bond donors (Lipinski definition) is 1. The fraction of sp³-hybridized carbons (Fsp3) is 0.167. The van der Waals surface area contributed by atoms with E-state index < -0.39 is 22.9 Å². The number of benzene rings is 2. The fourth-order valence-corrected chi connectivity index (χ4v) is 3.06. The number of nitro groups is 1. The summed E-state index contributed by atoms with van der Waals surface area (Å²) in [5, 5.41) is 13.7. The molecule has 11 heteroatoms. The molecule has 150 valence electrons. The summed E-state index contributed by atoms with van der Waals surface area (Å²) in [4.78, 5) is 38.7. The van der Waals surface area contributed by atoms with Crippen LogP contribution in [0.1, 0.15) is 6.92 Å². The first kappa shape index (κ1) is 20.6. The monoisotopic (exact) mass is 435 g/mol. The predicted octanol–water partition coefficient (Wildman–Crippen LogP) is 4.05. The topological polar surface area (TPSA) is 125 Å². The van der Waals surface area contributed by atoms with Crippen LogP contribution in [0.5, 0.6) is 0 Å². The van der Waals surface area contributed by atoms with Crippen LogP contribution in [0.15, 0.2) is 52.1 Å². The third-order valence-electron chi connectivity index (χ3n) is 3.68. The molecule has 1 atom stereocenters. The van der Waals surface area contributed by atoms with Gasteiger partial charge in [-0.25, -0.2) is 4.98 Å². The van der Waals surface area contributed by atoms with Crippen molar-refractivity contribution >= 4 is 57.7 Å². The van der Waals surface area contributed by atoms with Crippen LogP contribution in [0.2, 0.25) is 5.02 Å². The first-order chi connectivity index (χ1) is 13.8. The molecule has 0 fully saturated rings. The lowest BCUT2D eigenvalue weighted by atomic mass is 10.2. The average molecular weight is 436 g/mol. The summed E-state index contributed by atoms with van der Waals surface area (Å²) in [5.41, 5.74) is 1.09. The minimum atomic E-state index is -1.14. The number of halogens is 1. The van der Waals surface area contributed by atoms with E-state index in [-0.39, 0.29) is 22.2 Å². The number of hydrogen-bond acceptors (Lipinski definition) is 8. The van der Waals surface area contributed by atoms with Crippen molar-refractivity contribution in [1.82, 2.24) is 4.98 Å². The Morgan fingerprint density at radius 3 is 2.83 bits per heavy atom. The zero-order chi connectivity index (χ0) is 21.0. The number of rotatable bonds is 7. The zero-order valence-corrected chi connectivity index (χ0v) is 16.5. The van der Waals surface area contributed by atoms with Gasteiger partial charge in [-0.1, -0.05) is 35.5 Å². The van der Waals surface area contributed by atoms with Crippen LogP contribution in [0, 0.1) is 10.1 Å². The number of thioether (sulfide) groups is 1. The summed E-state index contributed by atoms with van der Waals surface area (Å²) in [6.45, 7) is 1.38. The molecule has 0 saturated carbocycles. The van der Waals surface area contributed by atoms with Crippen LogP contribution in [-0.4, -0.2) is 33.6 Å². The molecule has 2 aromatic carbocycles. The second kappa shape index (κ2) is 8.93. The van der Waals surface area contributed by atoms with E-state index in [1.807, 2.05) is 12.1 Å². The van der Waals surface area contributed by atoms with E-state index in [9.17, 15) is 19.7 Å². The first-order valence-corrected chi connectivity index (χ1v) is 9.62. The zero-order valence-electron chi connectivity index (χ0n) is 15.0. The van der Waals surface area contributed by atoms with E-state index in [4.69, 9.17) is 20.8 Å². The summed E-state index contributed by atoms with van der Waals surface area (Å²) >= 11 is 6.98. The lowest BCUT2D eigenvalue weighted by Crippen LogP contribution is -2.30. The van der Waals surface area contributed by atoms with Crippen LogP contribution in [0.3, 0.4) is 0 Å². The molecular weight excluding hydrogens is 422 g/mol. The molecule has 3 rings (SSSR count). The number of nitrogens with zero attached hydrogens (tertiary/aromatic N) is 2. The van der Waals surface area contributed by atoms with Gasteiger partial charge in [-0.3, -0.25) is 19.7 Å². The normalized spacial score (nSPS) is 11.8. The van der Waals surface area contributed by atoms with Gasteiger partial charge in [0, 0.05) is 12.1 Å². The largest absolute Gasteiger partial charge is 0.452 e. The lowest BCUT2D eigenvalue weighted by molar-refractivity contribution is -0.384. The Morgan fingerprint density at radius 2 is 2.10 bits per heavy atom. The Balaban J connectivity index is 1.54. The fourth-order valence-electron chi connectivity index (χ4n) is 2.28. The molecule has 9 nitrogen and oxygen atoms in total. The van der Waals surface area contributed by atoms with Crippen LogP contribution in [0.25, 0.3) is 11.1 Å². The van der Waals surface area contributed by atoms with Gasteiger partial charge in [0.1, 0.15) is 11.3 Å². The number of non-ortho nitro benzene ring substituents is 1. The van der Waals surface area contributed by atoms with E-state index in [2.05, 4.69) is 10.3 Å². The van der Waals surface area contributed by atoms with Crippen molar-refractivity contribution in [3.8, 4) is 0 Å². The Labute approximate surface area is 173 Å². The third kappa shape index (κ3) is 5.24. The summed E-state index contributed by atoms with van der Waals surface area (Å²) < 4.78 is 10.6. The van der Waals surface area contributed by atoms with Crippen LogP contribution >= 0.6 is 23.4 Å². The molecule has 29 heavy (non-hydrogen) atoms. The molecule has 0 spiro atoms. The van der Waals surface area contributed by atoms with Crippen molar-refractivity contribution in [3.05, 3.63) is 57.6 Å². The second-order valence-electron chi connectivity index (χ2n) is 5.78. The second-order valence-corrected chi connectivity index (χ2v) is 7.11. The molecular formula is C18H14ClN3O6S. The number of nitro benzene ring substituents is 1. The Kier molecular flexibility index (Phi) is 6.35. The van der Waals surface area contributed by atoms with E-state index in [0.717, 1.165) is 17.8 Å². The number of anilines is 1. The van der Waals surface area contributed by atoms with Crippen molar-refractivity contribution in [2.75, 3.05) is 11.1 Å². The molecule has 0 aliphatic rings. The molecule has 0 bridgehead atoms. The number of fused-ring (bicyclic) bond motifs is 1. The summed E-state index contributed by atoms with van der Waals surface area (Å²) in [6, 6.07) is 10.8. The first-order valence-electron chi connectivity index (χ1n) is 8.26. The molecule has 0 aliphatic heterocycles. The third-order valence-corrected chi connectivity index (χ3v) is 4.82. The van der Waals surface area contributed by atoms with Gasteiger partial charge in [0.2, 0.25) is 0 Å². The summed E-state index contributed by atoms with van der Waals surface area (Å²) in [5.74, 6) is -1.43. The molecule has 3 aromatic rings. The van der Waals surface area contributed by atoms with E-state index in [1.54, 1.807) is 12.1 Å². The maximum Gasteiger partial charge on any atom is 0.317 e. The highest BCUT2D eigenvalue weighted by atomic mass is 35.5. The molecule has 1 N–H and O–H groups in total. The number of oxazole rings is 1. The van der Waals surface area contributed by atoms with Crippen LogP contribution < -0.4 is 5.32 Å². The van der Waals surface area contributed by atoms with E-state index in [0.29, 0.717) is 16.3 Å². The molecule has 0 aliphatic carbocycles. The smallest absolute Gasteiger partial charge is 0.317 e. The van der Waals surface area contributed by atoms with Gasteiger partial charge in [-0.2, -0.15) is 0 Å². The summed E-state index contributed by atoms with van der Waals surface area (Å²) in [6.07, 6.45) is -1.14. The minimum absolute atomic E-state index is 0.0506. The maximum atomic E-state index is 12.2. The highest BCUT2D eigenvalue weighted by Crippen LogP contribution is 2.27. The number of amides is 1. The van der Waals surface area contributed by atoms with Gasteiger partial charge in [0.05, 0.1) is 15.6 Å². The number of aromatic nitrogens is 1. The predicted molar refractivity (Wildman–Crippen MR) is 107 cm³/mol. The molecule has 1 amide bonds. The van der Waals surface area contributed by atoms with Gasteiger partial charge in [0.15, 0.2) is 11.7 Å². The van der Waals surface area contributed by atoms with Crippen molar-refractivity contribution in [1.29, 1.82) is 0 Å². The minimum Gasteiger partial charge on any atom is -0.452 e. The molecule has 1 heterocycles. The average Bonchev–Trinajstić information content (AvgIpc) is 3.10. The molecule has 0 radical (unpaired) electrons. The van der Waals surface area contributed by atoms with Gasteiger partial charge in [-0.05, 0) is 25.1 Å². The number of carbonyl (C=O) groups excluding carboxylic acids is 2. The number of para-hydroxylation sites is 2. The number of nitrogens with one attached hydrogen (secondary N) is 1. The number of carbonyl (C=O) groups is 2. The van der Waals surface area contributed by atoms with E-state index in [1.165, 1.54) is 19.1 Å². The lowest BCUT2D eigenvalue weighted by Gasteiger charge is -2.13. The summed E-state index contributed by atoms with van der Waals surface area (Å²) in [7, 11) is 0. The maximum absolute atomic E-state index is 12.2. The number of esters is 1.